The van der Waals surface area contributed by atoms with E-state index in [0.717, 1.165) is 25.6 Å². The smallest absolute Gasteiger partial charge is 0.0259 e. The third kappa shape index (κ3) is 3.72. The normalized spacial score (nSPS) is 30.6. The summed E-state index contributed by atoms with van der Waals surface area (Å²) in [6, 6.07) is 0. The van der Waals surface area contributed by atoms with Crippen molar-refractivity contribution in [3.05, 3.63) is 0 Å². The quantitative estimate of drug-likeness (QED) is 0.675. The molecule has 4 nitrogen and oxygen atoms in total. The molecule has 2 N–H and O–H groups in total. The Morgan fingerprint density at radius 1 is 1.27 bits per heavy atom. The van der Waals surface area contributed by atoms with E-state index in [1.807, 2.05) is 0 Å². The van der Waals surface area contributed by atoms with Gasteiger partial charge in [-0.2, -0.15) is 0 Å². The number of rotatable bonds is 3. The van der Waals surface area contributed by atoms with Crippen LogP contribution in [0.3, 0.4) is 0 Å². The summed E-state index contributed by atoms with van der Waals surface area (Å²) in [4.78, 5) is 2.39. The van der Waals surface area contributed by atoms with E-state index in [1.54, 1.807) is 0 Å². The Bertz CT molecular complexity index is 171. The van der Waals surface area contributed by atoms with E-state index in [9.17, 15) is 0 Å². The second-order valence-corrected chi connectivity index (χ2v) is 4.86. The van der Waals surface area contributed by atoms with Crippen molar-refractivity contribution in [2.24, 2.45) is 5.92 Å². The highest BCUT2D eigenvalue weighted by molar-refractivity contribution is 4.72. The number of nitrogens with zero attached hydrogens (tertiary/aromatic N) is 2. The predicted octanol–water partition coefficient (Wildman–Crippen LogP) is -0.262. The number of nitrogens with one attached hydrogen (secondary N) is 2. The minimum absolute atomic E-state index is 0.832. The fraction of sp³-hybridized carbons (Fsp3) is 1.00. The van der Waals surface area contributed by atoms with E-state index in [0.29, 0.717) is 0 Å². The Labute approximate surface area is 93.0 Å². The van der Waals surface area contributed by atoms with Crippen molar-refractivity contribution in [2.75, 3.05) is 52.9 Å². The highest BCUT2D eigenvalue weighted by Gasteiger charge is 2.16. The Morgan fingerprint density at radius 2 is 2.07 bits per heavy atom. The van der Waals surface area contributed by atoms with E-state index in [1.165, 1.54) is 39.0 Å². The fourth-order valence-corrected chi connectivity index (χ4v) is 2.32. The van der Waals surface area contributed by atoms with Gasteiger partial charge in [0.1, 0.15) is 0 Å². The van der Waals surface area contributed by atoms with Gasteiger partial charge in [-0.25, -0.2) is 5.01 Å². The van der Waals surface area contributed by atoms with Crippen LogP contribution in [0.2, 0.25) is 0 Å². The SMILES string of the molecule is CN1CCN(NCC2CCCNC2)CC1. The molecule has 2 aliphatic rings. The van der Waals surface area contributed by atoms with Crippen LogP contribution in [0.25, 0.3) is 0 Å². The summed E-state index contributed by atoms with van der Waals surface area (Å²) in [5, 5.41) is 5.85. The van der Waals surface area contributed by atoms with Gasteiger partial charge in [0.05, 0.1) is 0 Å². The molecule has 0 aliphatic carbocycles. The third-order valence-corrected chi connectivity index (χ3v) is 3.51. The minimum Gasteiger partial charge on any atom is -0.316 e. The first-order valence-electron chi connectivity index (χ1n) is 6.22. The van der Waals surface area contributed by atoms with E-state index < -0.39 is 0 Å². The molecule has 0 saturated carbocycles. The Morgan fingerprint density at radius 3 is 2.73 bits per heavy atom. The number of hydrogen-bond acceptors (Lipinski definition) is 4. The molecule has 1 atom stereocenters. The first kappa shape index (κ1) is 11.3. The number of hydrogen-bond donors (Lipinski definition) is 2. The Balaban J connectivity index is 1.60. The van der Waals surface area contributed by atoms with Crippen LogP contribution in [0, 0.1) is 5.92 Å². The van der Waals surface area contributed by atoms with E-state index in [4.69, 9.17) is 0 Å². The summed E-state index contributed by atoms with van der Waals surface area (Å²) >= 11 is 0. The molecule has 15 heavy (non-hydrogen) atoms. The highest BCUT2D eigenvalue weighted by atomic mass is 15.5. The van der Waals surface area contributed by atoms with Crippen molar-refractivity contribution in [1.82, 2.24) is 20.7 Å². The molecule has 0 spiro atoms. The Hall–Kier alpha value is -0.160. The van der Waals surface area contributed by atoms with Crippen LogP contribution in [0.5, 0.6) is 0 Å². The maximum atomic E-state index is 3.58. The largest absolute Gasteiger partial charge is 0.316 e. The number of likely N-dealkylation sites (N-methyl/N-ethyl adjacent to an activating group) is 1. The third-order valence-electron chi connectivity index (χ3n) is 3.51. The summed E-state index contributed by atoms with van der Waals surface area (Å²) in [6.45, 7) is 8.27. The zero-order valence-corrected chi connectivity index (χ0v) is 9.84. The predicted molar refractivity (Wildman–Crippen MR) is 62.7 cm³/mol. The van der Waals surface area contributed by atoms with E-state index >= 15 is 0 Å². The lowest BCUT2D eigenvalue weighted by Gasteiger charge is -2.34. The van der Waals surface area contributed by atoms with Gasteiger partial charge in [-0.05, 0) is 38.9 Å². The molecule has 0 aromatic carbocycles. The molecule has 0 amide bonds. The maximum absolute atomic E-state index is 3.58. The van der Waals surface area contributed by atoms with Gasteiger partial charge in [0.25, 0.3) is 0 Å². The fourth-order valence-electron chi connectivity index (χ4n) is 2.32. The van der Waals surface area contributed by atoms with Crippen LogP contribution in [-0.4, -0.2) is 62.8 Å². The first-order chi connectivity index (χ1) is 7.34. The number of piperidine rings is 1. The van der Waals surface area contributed by atoms with Crippen molar-refractivity contribution >= 4 is 0 Å². The zero-order chi connectivity index (χ0) is 10.5. The van der Waals surface area contributed by atoms with Crippen molar-refractivity contribution in [3.63, 3.8) is 0 Å². The van der Waals surface area contributed by atoms with Gasteiger partial charge in [-0.15, -0.1) is 0 Å². The second kappa shape index (κ2) is 5.80. The van der Waals surface area contributed by atoms with Gasteiger partial charge in [0, 0.05) is 32.7 Å². The monoisotopic (exact) mass is 212 g/mol. The lowest BCUT2D eigenvalue weighted by Crippen LogP contribution is -2.52. The minimum atomic E-state index is 0.832. The molecule has 0 radical (unpaired) electrons. The van der Waals surface area contributed by atoms with Gasteiger partial charge in [-0.1, -0.05) is 0 Å². The second-order valence-electron chi connectivity index (χ2n) is 4.86. The molecule has 4 heteroatoms. The maximum Gasteiger partial charge on any atom is 0.0259 e. The summed E-state index contributed by atoms with van der Waals surface area (Å²) in [5.74, 6) is 0.832. The van der Waals surface area contributed by atoms with Crippen LogP contribution >= 0.6 is 0 Å². The summed E-state index contributed by atoms with van der Waals surface area (Å²) in [5.41, 5.74) is 3.58. The average Bonchev–Trinajstić information content (AvgIpc) is 2.30. The van der Waals surface area contributed by atoms with Gasteiger partial charge in [0.15, 0.2) is 0 Å². The van der Waals surface area contributed by atoms with Crippen LogP contribution in [0.15, 0.2) is 0 Å². The standard InChI is InChI=1S/C11H24N4/c1-14-5-7-15(8-6-14)13-10-11-3-2-4-12-9-11/h11-13H,2-10H2,1H3. The summed E-state index contributed by atoms with van der Waals surface area (Å²) < 4.78 is 0. The topological polar surface area (TPSA) is 30.5 Å². The molecule has 2 fully saturated rings. The van der Waals surface area contributed by atoms with Crippen molar-refractivity contribution in [1.29, 1.82) is 0 Å². The van der Waals surface area contributed by atoms with Gasteiger partial charge >= 0.3 is 0 Å². The molecule has 2 saturated heterocycles. The van der Waals surface area contributed by atoms with E-state index in [-0.39, 0.29) is 0 Å². The van der Waals surface area contributed by atoms with Crippen LogP contribution in [-0.2, 0) is 0 Å². The van der Waals surface area contributed by atoms with Crippen molar-refractivity contribution < 1.29 is 0 Å². The molecular weight excluding hydrogens is 188 g/mol. The van der Waals surface area contributed by atoms with E-state index in [2.05, 4.69) is 27.7 Å². The molecule has 0 bridgehead atoms. The molecule has 2 aliphatic heterocycles. The molecule has 2 rings (SSSR count). The first-order valence-corrected chi connectivity index (χ1v) is 6.22. The zero-order valence-electron chi connectivity index (χ0n) is 9.84. The number of hydrazine groups is 1. The molecule has 2 heterocycles. The molecular formula is C11H24N4. The summed E-state index contributed by atoms with van der Waals surface area (Å²) in [7, 11) is 2.20. The molecule has 1 unspecified atom stereocenters. The van der Waals surface area contributed by atoms with Gasteiger partial charge in [0.2, 0.25) is 0 Å². The number of piperazine rings is 1. The molecule has 0 aromatic heterocycles. The highest BCUT2D eigenvalue weighted by Crippen LogP contribution is 2.08. The Kier molecular flexibility index (Phi) is 4.38. The van der Waals surface area contributed by atoms with Crippen LogP contribution in [0.1, 0.15) is 12.8 Å². The van der Waals surface area contributed by atoms with Gasteiger partial charge < -0.3 is 10.2 Å². The van der Waals surface area contributed by atoms with Crippen LogP contribution < -0.4 is 10.7 Å². The van der Waals surface area contributed by atoms with Gasteiger partial charge in [-0.3, -0.25) is 5.43 Å². The molecule has 88 valence electrons. The lowest BCUT2D eigenvalue weighted by molar-refractivity contribution is 0.0954. The van der Waals surface area contributed by atoms with Crippen molar-refractivity contribution in [3.8, 4) is 0 Å². The molecule has 0 aromatic rings. The lowest BCUT2D eigenvalue weighted by atomic mass is 10.0. The summed E-state index contributed by atoms with van der Waals surface area (Å²) in [6.07, 6.45) is 2.73. The van der Waals surface area contributed by atoms with Crippen molar-refractivity contribution in [2.45, 2.75) is 12.8 Å². The van der Waals surface area contributed by atoms with Crippen LogP contribution in [0.4, 0.5) is 0 Å². The average molecular weight is 212 g/mol.